The minimum Gasteiger partial charge on any atom is -0.349 e. The molecule has 4 nitrogen and oxygen atoms in total. The Labute approximate surface area is 84.3 Å². The van der Waals surface area contributed by atoms with Crippen LogP contribution in [-0.4, -0.2) is 28.6 Å². The molecule has 0 saturated heterocycles. The topological polar surface area (TPSA) is 66.7 Å². The van der Waals surface area contributed by atoms with E-state index in [1.54, 1.807) is 6.20 Å². The van der Waals surface area contributed by atoms with E-state index in [1.165, 1.54) is 0 Å². The highest BCUT2D eigenvalue weighted by Crippen LogP contribution is 2.16. The van der Waals surface area contributed by atoms with Gasteiger partial charge in [-0.2, -0.15) is 0 Å². The maximum Gasteiger partial charge on any atom is 0.106 e. The van der Waals surface area contributed by atoms with E-state index in [2.05, 4.69) is 15.3 Å². The van der Waals surface area contributed by atoms with Crippen molar-refractivity contribution in [3.8, 4) is 0 Å². The van der Waals surface area contributed by atoms with Gasteiger partial charge in [0.05, 0.1) is 0 Å². The Hall–Kier alpha value is -0.870. The summed E-state index contributed by atoms with van der Waals surface area (Å²) in [5.74, 6) is 1.08. The fraction of sp³-hybridized carbons (Fsp3) is 0.700. The summed E-state index contributed by atoms with van der Waals surface area (Å²) in [6, 6.07) is 1.11. The molecule has 2 rings (SSSR count). The van der Waals surface area contributed by atoms with Crippen molar-refractivity contribution in [3.05, 3.63) is 18.2 Å². The lowest BCUT2D eigenvalue weighted by Crippen LogP contribution is -2.48. The van der Waals surface area contributed by atoms with Gasteiger partial charge in [0.1, 0.15) is 5.82 Å². The molecule has 0 radical (unpaired) electrons. The summed E-state index contributed by atoms with van der Waals surface area (Å²) in [6.45, 7) is 1.07. The molecule has 1 aliphatic rings. The van der Waals surface area contributed by atoms with Crippen molar-refractivity contribution in [2.24, 2.45) is 5.73 Å². The molecule has 0 aromatic carbocycles. The summed E-state index contributed by atoms with van der Waals surface area (Å²) < 4.78 is 0. The van der Waals surface area contributed by atoms with E-state index >= 15 is 0 Å². The van der Waals surface area contributed by atoms with Crippen LogP contribution >= 0.6 is 0 Å². The highest BCUT2D eigenvalue weighted by molar-refractivity contribution is 4.89. The van der Waals surface area contributed by atoms with Gasteiger partial charge < -0.3 is 16.0 Å². The summed E-state index contributed by atoms with van der Waals surface area (Å²) in [7, 11) is 0. The van der Waals surface area contributed by atoms with Gasteiger partial charge in [0.2, 0.25) is 0 Å². The molecule has 0 spiro atoms. The van der Waals surface area contributed by atoms with E-state index in [9.17, 15) is 0 Å². The average molecular weight is 194 g/mol. The molecular formula is C10H18N4. The van der Waals surface area contributed by atoms with Gasteiger partial charge in [0.25, 0.3) is 0 Å². The molecule has 1 aromatic rings. The summed E-state index contributed by atoms with van der Waals surface area (Å²) in [5.41, 5.74) is 5.70. The predicted molar refractivity (Wildman–Crippen MR) is 55.9 cm³/mol. The largest absolute Gasteiger partial charge is 0.349 e. The molecule has 1 fully saturated rings. The molecule has 0 aliphatic heterocycles. The van der Waals surface area contributed by atoms with Gasteiger partial charge in [-0.05, 0) is 25.8 Å². The molecule has 78 valence electrons. The molecule has 0 unspecified atom stereocenters. The summed E-state index contributed by atoms with van der Waals surface area (Å²) in [6.07, 6.45) is 8.11. The van der Waals surface area contributed by atoms with Gasteiger partial charge in [0, 0.05) is 30.9 Å². The van der Waals surface area contributed by atoms with Gasteiger partial charge in [-0.25, -0.2) is 4.98 Å². The van der Waals surface area contributed by atoms with Crippen LogP contribution in [0.2, 0.25) is 0 Å². The minimum atomic E-state index is 0.442. The van der Waals surface area contributed by atoms with Crippen LogP contribution in [0, 0.1) is 0 Å². The first kappa shape index (κ1) is 9.68. The first-order valence-electron chi connectivity index (χ1n) is 5.32. The van der Waals surface area contributed by atoms with E-state index in [-0.39, 0.29) is 0 Å². The highest BCUT2D eigenvalue weighted by atomic mass is 15.0. The monoisotopic (exact) mass is 194 g/mol. The summed E-state index contributed by atoms with van der Waals surface area (Å²) >= 11 is 0. The SMILES string of the molecule is NC1CC(NCCCc2ncc[nH]2)C1. The number of nitrogens with one attached hydrogen (secondary N) is 2. The lowest BCUT2D eigenvalue weighted by atomic mass is 9.87. The number of nitrogens with zero attached hydrogens (tertiary/aromatic N) is 1. The number of rotatable bonds is 5. The lowest BCUT2D eigenvalue weighted by molar-refractivity contribution is 0.292. The Kier molecular flexibility index (Phi) is 3.16. The zero-order valence-electron chi connectivity index (χ0n) is 8.37. The third kappa shape index (κ3) is 2.56. The van der Waals surface area contributed by atoms with E-state index in [1.807, 2.05) is 6.20 Å². The molecule has 1 aliphatic carbocycles. The molecular weight excluding hydrogens is 176 g/mol. The van der Waals surface area contributed by atoms with Crippen LogP contribution in [0.4, 0.5) is 0 Å². The van der Waals surface area contributed by atoms with Crippen LogP contribution in [0.1, 0.15) is 25.1 Å². The molecule has 0 amide bonds. The number of H-pyrrole nitrogens is 1. The van der Waals surface area contributed by atoms with Crippen molar-refractivity contribution in [1.82, 2.24) is 15.3 Å². The molecule has 1 saturated carbocycles. The van der Waals surface area contributed by atoms with Crippen LogP contribution in [-0.2, 0) is 6.42 Å². The zero-order valence-corrected chi connectivity index (χ0v) is 8.37. The smallest absolute Gasteiger partial charge is 0.106 e. The van der Waals surface area contributed by atoms with Crippen LogP contribution < -0.4 is 11.1 Å². The van der Waals surface area contributed by atoms with Crippen LogP contribution in [0.15, 0.2) is 12.4 Å². The van der Waals surface area contributed by atoms with Crippen molar-refractivity contribution < 1.29 is 0 Å². The van der Waals surface area contributed by atoms with E-state index in [0.29, 0.717) is 12.1 Å². The maximum atomic E-state index is 5.70. The molecule has 1 aromatic heterocycles. The maximum absolute atomic E-state index is 5.70. The second-order valence-corrected chi connectivity index (χ2v) is 4.02. The number of aromatic amines is 1. The molecule has 1 heterocycles. The second kappa shape index (κ2) is 4.57. The first-order chi connectivity index (χ1) is 6.84. The van der Waals surface area contributed by atoms with Gasteiger partial charge in [-0.15, -0.1) is 0 Å². The van der Waals surface area contributed by atoms with Gasteiger partial charge >= 0.3 is 0 Å². The Balaban J connectivity index is 1.52. The summed E-state index contributed by atoms with van der Waals surface area (Å²) in [5, 5.41) is 3.49. The number of imidazole rings is 1. The van der Waals surface area contributed by atoms with Crippen LogP contribution in [0.25, 0.3) is 0 Å². The quantitative estimate of drug-likeness (QED) is 0.595. The molecule has 0 bridgehead atoms. The Bertz CT molecular complexity index is 251. The number of hydrogen-bond acceptors (Lipinski definition) is 3. The molecule has 4 N–H and O–H groups in total. The van der Waals surface area contributed by atoms with Crippen molar-refractivity contribution in [2.45, 2.75) is 37.8 Å². The van der Waals surface area contributed by atoms with E-state index in [0.717, 1.165) is 38.1 Å². The fourth-order valence-electron chi connectivity index (χ4n) is 1.83. The number of aryl methyl sites for hydroxylation is 1. The van der Waals surface area contributed by atoms with Gasteiger partial charge in [0.15, 0.2) is 0 Å². The molecule has 14 heavy (non-hydrogen) atoms. The molecule has 4 heteroatoms. The average Bonchev–Trinajstić information content (AvgIpc) is 2.61. The highest BCUT2D eigenvalue weighted by Gasteiger charge is 2.24. The van der Waals surface area contributed by atoms with Crippen molar-refractivity contribution in [2.75, 3.05) is 6.54 Å². The second-order valence-electron chi connectivity index (χ2n) is 4.02. The van der Waals surface area contributed by atoms with Crippen molar-refractivity contribution in [1.29, 1.82) is 0 Å². The number of aromatic nitrogens is 2. The van der Waals surface area contributed by atoms with E-state index < -0.39 is 0 Å². The minimum absolute atomic E-state index is 0.442. The Morgan fingerprint density at radius 2 is 2.43 bits per heavy atom. The van der Waals surface area contributed by atoms with Crippen molar-refractivity contribution in [3.63, 3.8) is 0 Å². The summed E-state index contributed by atoms with van der Waals surface area (Å²) in [4.78, 5) is 7.28. The van der Waals surface area contributed by atoms with E-state index in [4.69, 9.17) is 5.73 Å². The lowest BCUT2D eigenvalue weighted by Gasteiger charge is -2.33. The zero-order chi connectivity index (χ0) is 9.80. The number of nitrogens with two attached hydrogens (primary N) is 1. The normalized spacial score (nSPS) is 26.1. The van der Waals surface area contributed by atoms with Gasteiger partial charge in [-0.1, -0.05) is 0 Å². The van der Waals surface area contributed by atoms with Crippen LogP contribution in [0.5, 0.6) is 0 Å². The predicted octanol–water partition coefficient (Wildman–Crippen LogP) is 0.422. The Morgan fingerprint density at radius 1 is 1.57 bits per heavy atom. The van der Waals surface area contributed by atoms with Crippen molar-refractivity contribution >= 4 is 0 Å². The number of hydrogen-bond donors (Lipinski definition) is 3. The van der Waals surface area contributed by atoms with Gasteiger partial charge in [-0.3, -0.25) is 0 Å². The standard InChI is InChI=1S/C10H18N4/c11-8-6-9(7-8)12-3-1-2-10-13-4-5-14-10/h4-5,8-9,12H,1-3,6-7,11H2,(H,13,14). The Morgan fingerprint density at radius 3 is 3.07 bits per heavy atom. The first-order valence-corrected chi connectivity index (χ1v) is 5.32. The third-order valence-electron chi connectivity index (χ3n) is 2.75. The fourth-order valence-corrected chi connectivity index (χ4v) is 1.83. The molecule has 0 atom stereocenters. The third-order valence-corrected chi connectivity index (χ3v) is 2.75. The van der Waals surface area contributed by atoms with Crippen LogP contribution in [0.3, 0.4) is 0 Å².